The number of likely N-dealkylation sites (N-methyl/N-ethyl adjacent to an activating group) is 1. The van der Waals surface area contributed by atoms with Crippen LogP contribution < -0.4 is 20.3 Å². The molecule has 2 fully saturated rings. The summed E-state index contributed by atoms with van der Waals surface area (Å²) in [5.41, 5.74) is -2.04. The largest absolute Gasteiger partial charge is 0.490 e. The number of likely N-dealkylation sites (tertiary alicyclic amines) is 1. The first-order valence-electron chi connectivity index (χ1n) is 13.8. The number of rotatable bonds is 5. The van der Waals surface area contributed by atoms with Crippen molar-refractivity contribution in [1.82, 2.24) is 15.1 Å². The van der Waals surface area contributed by atoms with E-state index in [0.717, 1.165) is 10.6 Å². The minimum absolute atomic E-state index is 0.0577. The van der Waals surface area contributed by atoms with Gasteiger partial charge in [-0.3, -0.25) is 24.2 Å². The summed E-state index contributed by atoms with van der Waals surface area (Å²) in [6, 6.07) is 5.00. The standard InChI is InChI=1S/C29H31F4N5O5/c1-16(2)23(35-24(39)19-14-17(29(31,32)33)4-6-20(19)30)25(40)37-11-8-28(9-12-37)26(41)36(3)27(42)38(28)18-5-7-21-22(15-18)43-13-10-34-21/h4-7,14-16,23,34H,8-13H2,1-3H3,(H,35,39). The van der Waals surface area contributed by atoms with E-state index in [1.165, 1.54) is 16.8 Å². The van der Waals surface area contributed by atoms with E-state index < -0.39 is 64.4 Å². The molecule has 2 aromatic rings. The first-order chi connectivity index (χ1) is 20.2. The first-order valence-corrected chi connectivity index (χ1v) is 13.8. The summed E-state index contributed by atoms with van der Waals surface area (Å²) in [5.74, 6) is -3.20. The van der Waals surface area contributed by atoms with Crippen molar-refractivity contribution in [3.8, 4) is 5.75 Å². The second kappa shape index (κ2) is 11.0. The number of urea groups is 1. The summed E-state index contributed by atoms with van der Waals surface area (Å²) < 4.78 is 59.6. The number of halogens is 4. The highest BCUT2D eigenvalue weighted by atomic mass is 19.4. The van der Waals surface area contributed by atoms with Crippen molar-refractivity contribution in [2.75, 3.05) is 43.5 Å². The molecule has 1 unspecified atom stereocenters. The monoisotopic (exact) mass is 605 g/mol. The number of piperidine rings is 1. The van der Waals surface area contributed by atoms with Crippen LogP contribution in [0.2, 0.25) is 0 Å². The van der Waals surface area contributed by atoms with E-state index in [4.69, 9.17) is 4.74 Å². The van der Waals surface area contributed by atoms with Gasteiger partial charge in [0.1, 0.15) is 29.8 Å². The van der Waals surface area contributed by atoms with Crippen molar-refractivity contribution in [2.24, 2.45) is 5.92 Å². The van der Waals surface area contributed by atoms with Gasteiger partial charge in [-0.05, 0) is 49.1 Å². The van der Waals surface area contributed by atoms with E-state index in [2.05, 4.69) is 10.6 Å². The van der Waals surface area contributed by atoms with Gasteiger partial charge in [0.2, 0.25) is 5.91 Å². The number of carbonyl (C=O) groups excluding carboxylic acids is 4. The maximum atomic E-state index is 14.4. The third-order valence-electron chi connectivity index (χ3n) is 8.17. The Morgan fingerprint density at radius 2 is 1.77 bits per heavy atom. The highest BCUT2D eigenvalue weighted by molar-refractivity contribution is 6.17. The Morgan fingerprint density at radius 3 is 2.42 bits per heavy atom. The van der Waals surface area contributed by atoms with E-state index in [-0.39, 0.29) is 25.9 Å². The van der Waals surface area contributed by atoms with E-state index in [9.17, 15) is 36.7 Å². The van der Waals surface area contributed by atoms with Gasteiger partial charge >= 0.3 is 12.2 Å². The molecule has 14 heteroatoms. The lowest BCUT2D eigenvalue weighted by atomic mass is 9.85. The first kappa shape index (κ1) is 30.1. The maximum absolute atomic E-state index is 14.4. The number of ether oxygens (including phenoxy) is 1. The quantitative estimate of drug-likeness (QED) is 0.396. The Labute approximate surface area is 244 Å². The molecule has 2 N–H and O–H groups in total. The van der Waals surface area contributed by atoms with Gasteiger partial charge in [0, 0.05) is 32.7 Å². The summed E-state index contributed by atoms with van der Waals surface area (Å²) in [6.45, 7) is 4.47. The average molecular weight is 606 g/mol. The molecular formula is C29H31F4N5O5. The van der Waals surface area contributed by atoms with Gasteiger partial charge in [-0.1, -0.05) is 13.8 Å². The fourth-order valence-corrected chi connectivity index (χ4v) is 5.79. The molecule has 3 aliphatic heterocycles. The Kier molecular flexibility index (Phi) is 7.73. The fraction of sp³-hybridized carbons (Fsp3) is 0.448. The van der Waals surface area contributed by atoms with Crippen LogP contribution in [0.5, 0.6) is 5.75 Å². The number of hydrogen-bond donors (Lipinski definition) is 2. The predicted molar refractivity (Wildman–Crippen MR) is 147 cm³/mol. The lowest BCUT2D eigenvalue weighted by molar-refractivity contribution is -0.139. The Hall–Kier alpha value is -4.36. The van der Waals surface area contributed by atoms with Gasteiger partial charge in [-0.2, -0.15) is 13.2 Å². The number of hydrogen-bond acceptors (Lipinski definition) is 6. The topological polar surface area (TPSA) is 111 Å². The zero-order valence-corrected chi connectivity index (χ0v) is 23.8. The van der Waals surface area contributed by atoms with Crippen LogP contribution in [-0.4, -0.2) is 78.4 Å². The summed E-state index contributed by atoms with van der Waals surface area (Å²) in [5, 5.41) is 5.60. The Balaban J connectivity index is 1.34. The number of benzene rings is 2. The summed E-state index contributed by atoms with van der Waals surface area (Å²) >= 11 is 0. The number of alkyl halides is 3. The molecule has 5 amide bonds. The molecule has 0 bridgehead atoms. The zero-order valence-electron chi connectivity index (χ0n) is 23.8. The Morgan fingerprint density at radius 1 is 1.07 bits per heavy atom. The van der Waals surface area contributed by atoms with E-state index in [1.54, 1.807) is 32.0 Å². The molecule has 0 aliphatic carbocycles. The maximum Gasteiger partial charge on any atom is 0.416 e. The zero-order chi connectivity index (χ0) is 31.3. The number of fused-ring (bicyclic) bond motifs is 1. The van der Waals surface area contributed by atoms with Crippen LogP contribution in [0.1, 0.15) is 42.6 Å². The van der Waals surface area contributed by atoms with Crippen molar-refractivity contribution in [1.29, 1.82) is 0 Å². The number of nitrogens with one attached hydrogen (secondary N) is 2. The molecule has 2 aromatic carbocycles. The van der Waals surface area contributed by atoms with Crippen LogP contribution in [0.25, 0.3) is 0 Å². The third-order valence-corrected chi connectivity index (χ3v) is 8.17. The van der Waals surface area contributed by atoms with Crippen LogP contribution in [0, 0.1) is 11.7 Å². The van der Waals surface area contributed by atoms with Gasteiger partial charge in [-0.15, -0.1) is 0 Å². The second-order valence-corrected chi connectivity index (χ2v) is 11.2. The van der Waals surface area contributed by atoms with Crippen molar-refractivity contribution in [3.63, 3.8) is 0 Å². The number of amides is 5. The number of nitrogens with zero attached hydrogens (tertiary/aromatic N) is 3. The average Bonchev–Trinajstić information content (AvgIpc) is 3.15. The Bertz CT molecular complexity index is 1470. The van der Waals surface area contributed by atoms with E-state index in [1.807, 2.05) is 0 Å². The van der Waals surface area contributed by atoms with E-state index in [0.29, 0.717) is 42.8 Å². The number of imide groups is 1. The number of carbonyl (C=O) groups is 4. The molecule has 0 aromatic heterocycles. The van der Waals surface area contributed by atoms with Gasteiger partial charge < -0.3 is 20.3 Å². The van der Waals surface area contributed by atoms with Crippen LogP contribution in [0.3, 0.4) is 0 Å². The smallest absolute Gasteiger partial charge is 0.416 e. The fourth-order valence-electron chi connectivity index (χ4n) is 5.79. The van der Waals surface area contributed by atoms with Gasteiger partial charge in [0.25, 0.3) is 11.8 Å². The van der Waals surface area contributed by atoms with Gasteiger partial charge in [0.15, 0.2) is 0 Å². The summed E-state index contributed by atoms with van der Waals surface area (Å²) in [6.07, 6.45) is -4.58. The van der Waals surface area contributed by atoms with Crippen LogP contribution in [-0.2, 0) is 15.8 Å². The van der Waals surface area contributed by atoms with Crippen LogP contribution in [0.15, 0.2) is 36.4 Å². The highest BCUT2D eigenvalue weighted by Crippen LogP contribution is 2.43. The lowest BCUT2D eigenvalue weighted by Gasteiger charge is -2.43. The van der Waals surface area contributed by atoms with Crippen molar-refractivity contribution in [2.45, 2.75) is 44.4 Å². The second-order valence-electron chi connectivity index (χ2n) is 11.2. The van der Waals surface area contributed by atoms with Crippen molar-refractivity contribution in [3.05, 3.63) is 53.3 Å². The molecule has 43 heavy (non-hydrogen) atoms. The predicted octanol–water partition coefficient (Wildman–Crippen LogP) is 3.86. The molecule has 3 heterocycles. The van der Waals surface area contributed by atoms with Crippen molar-refractivity contribution < 1.29 is 41.5 Å². The normalized spacial score (nSPS) is 18.8. The SMILES string of the molecule is CC(C)C(NC(=O)c1cc(C(F)(F)F)ccc1F)C(=O)N1CCC2(CC1)C(=O)N(C)C(=O)N2c1ccc2c(c1)OCCN2. The molecular weight excluding hydrogens is 574 g/mol. The third kappa shape index (κ3) is 5.34. The molecule has 1 spiro atoms. The molecule has 5 rings (SSSR count). The van der Waals surface area contributed by atoms with Crippen LogP contribution in [0.4, 0.5) is 33.7 Å². The van der Waals surface area contributed by atoms with Crippen molar-refractivity contribution >= 4 is 35.1 Å². The van der Waals surface area contributed by atoms with E-state index >= 15 is 0 Å². The van der Waals surface area contributed by atoms with Gasteiger partial charge in [-0.25, -0.2) is 9.18 Å². The summed E-state index contributed by atoms with van der Waals surface area (Å²) in [7, 11) is 1.40. The molecule has 0 radical (unpaired) electrons. The van der Waals surface area contributed by atoms with Gasteiger partial charge in [0.05, 0.1) is 22.5 Å². The molecule has 2 saturated heterocycles. The molecule has 0 saturated carbocycles. The lowest BCUT2D eigenvalue weighted by Crippen LogP contribution is -2.60. The minimum atomic E-state index is -4.79. The molecule has 3 aliphatic rings. The highest BCUT2D eigenvalue weighted by Gasteiger charge is 2.58. The minimum Gasteiger partial charge on any atom is -0.490 e. The molecule has 10 nitrogen and oxygen atoms in total. The number of anilines is 2. The molecule has 230 valence electrons. The van der Waals surface area contributed by atoms with Crippen LogP contribution >= 0.6 is 0 Å². The molecule has 1 atom stereocenters. The summed E-state index contributed by atoms with van der Waals surface area (Å²) in [4.78, 5) is 57.1.